The summed E-state index contributed by atoms with van der Waals surface area (Å²) >= 11 is 0. The Balaban J connectivity index is 1.49. The summed E-state index contributed by atoms with van der Waals surface area (Å²) in [7, 11) is 0. The lowest BCUT2D eigenvalue weighted by Crippen LogP contribution is -2.27. The third kappa shape index (κ3) is 3.87. The Kier molecular flexibility index (Phi) is 5.28. The highest BCUT2D eigenvalue weighted by atomic mass is 16.5. The van der Waals surface area contributed by atoms with Crippen LogP contribution in [0.15, 0.2) is 102 Å². The summed E-state index contributed by atoms with van der Waals surface area (Å²) in [6.07, 6.45) is 6.22. The van der Waals surface area contributed by atoms with Crippen molar-refractivity contribution in [1.29, 1.82) is 5.26 Å². The van der Waals surface area contributed by atoms with Crippen LogP contribution in [-0.2, 0) is 4.74 Å². The lowest BCUT2D eigenvalue weighted by molar-refractivity contribution is 0.0356. The molecule has 0 N–H and O–H groups in total. The van der Waals surface area contributed by atoms with Gasteiger partial charge in [0.1, 0.15) is 11.4 Å². The minimum absolute atomic E-state index is 0.123. The van der Waals surface area contributed by atoms with E-state index in [1.165, 1.54) is 21.8 Å². The van der Waals surface area contributed by atoms with Gasteiger partial charge in [0.05, 0.1) is 23.7 Å². The predicted molar refractivity (Wildman–Crippen MR) is 137 cm³/mol. The summed E-state index contributed by atoms with van der Waals surface area (Å²) in [6, 6.07) is 27.3. The Morgan fingerprint density at radius 1 is 0.971 bits per heavy atom. The van der Waals surface area contributed by atoms with E-state index in [9.17, 15) is 5.26 Å². The second-order valence-electron chi connectivity index (χ2n) is 8.98. The Hall–Kier alpha value is -4.54. The molecule has 0 saturated carbocycles. The van der Waals surface area contributed by atoms with Crippen molar-refractivity contribution in [3.63, 3.8) is 0 Å². The van der Waals surface area contributed by atoms with Crippen LogP contribution in [0.5, 0.6) is 0 Å². The van der Waals surface area contributed by atoms with Crippen molar-refractivity contribution in [2.24, 2.45) is 0 Å². The van der Waals surface area contributed by atoms with Gasteiger partial charge >= 0.3 is 0 Å². The zero-order valence-electron chi connectivity index (χ0n) is 19.1. The van der Waals surface area contributed by atoms with E-state index in [0.29, 0.717) is 12.2 Å². The molecule has 1 aromatic heterocycles. The van der Waals surface area contributed by atoms with E-state index >= 15 is 0 Å². The van der Waals surface area contributed by atoms with Crippen molar-refractivity contribution >= 4 is 27.9 Å². The highest BCUT2D eigenvalue weighted by Gasteiger charge is 2.27. The molecule has 0 bridgehead atoms. The van der Waals surface area contributed by atoms with Crippen LogP contribution in [0.1, 0.15) is 25.8 Å². The van der Waals surface area contributed by atoms with Crippen LogP contribution in [-0.4, -0.2) is 10.2 Å². The maximum atomic E-state index is 9.27. The molecule has 0 aliphatic carbocycles. The Morgan fingerprint density at radius 3 is 2.18 bits per heavy atom. The molecule has 34 heavy (non-hydrogen) atoms. The Labute approximate surface area is 199 Å². The number of aromatic nitrogens is 1. The average Bonchev–Trinajstić information content (AvgIpc) is 3.17. The number of hydrogen-bond donors (Lipinski definition) is 0. The number of nitriles is 1. The number of para-hydroxylation sites is 2. The van der Waals surface area contributed by atoms with Crippen molar-refractivity contribution in [2.75, 3.05) is 0 Å². The van der Waals surface area contributed by atoms with Crippen LogP contribution in [0.2, 0.25) is 0 Å². The quantitative estimate of drug-likeness (QED) is 0.243. The summed E-state index contributed by atoms with van der Waals surface area (Å²) in [5, 5.41) is 11.8. The number of nitrogens with zero attached hydrogens (tertiary/aromatic N) is 3. The molecule has 3 aromatic carbocycles. The summed E-state index contributed by atoms with van der Waals surface area (Å²) in [6.45, 7) is 11.2. The molecule has 0 unspecified atom stereocenters. The molecular weight excluding hydrogens is 418 g/mol. The van der Waals surface area contributed by atoms with Gasteiger partial charge in [-0.25, -0.2) is 10.1 Å². The molecule has 164 valence electrons. The second-order valence-corrected chi connectivity index (χ2v) is 8.98. The smallest absolute Gasteiger partial charge is 0.265 e. The Morgan fingerprint density at radius 2 is 1.59 bits per heavy atom. The first-order valence-corrected chi connectivity index (χ1v) is 11.2. The van der Waals surface area contributed by atoms with Gasteiger partial charge in [-0.1, -0.05) is 54.6 Å². The first kappa shape index (κ1) is 21.3. The standard InChI is InChI=1S/C30H23N3O/c1-30(2)19-22(27(20-31)32-3)18-24(34-30)17-14-21-12-15-23(16-13-21)33-28-10-6-4-8-25(28)26-9-5-7-11-29(26)33/h4-18H,19H2,1-2H3. The van der Waals surface area contributed by atoms with Gasteiger partial charge in [-0.2, -0.15) is 0 Å². The number of allylic oxidation sites excluding steroid dienone is 3. The van der Waals surface area contributed by atoms with E-state index in [2.05, 4.69) is 82.2 Å². The van der Waals surface area contributed by atoms with Crippen molar-refractivity contribution in [1.82, 2.24) is 4.57 Å². The molecule has 2 heterocycles. The van der Waals surface area contributed by atoms with Gasteiger partial charge in [-0.15, -0.1) is 0 Å². The summed E-state index contributed by atoms with van der Waals surface area (Å²) in [5.74, 6) is 0.647. The molecule has 5 rings (SSSR count). The number of fused-ring (bicyclic) bond motifs is 3. The fourth-order valence-electron chi connectivity index (χ4n) is 4.58. The van der Waals surface area contributed by atoms with E-state index in [1.807, 2.05) is 32.1 Å². The molecule has 4 aromatic rings. The molecule has 0 amide bonds. The number of rotatable bonds is 3. The maximum Gasteiger partial charge on any atom is 0.265 e. The van der Waals surface area contributed by atoms with Gasteiger partial charge in [0, 0.05) is 22.9 Å². The Bertz CT molecular complexity index is 1510. The minimum atomic E-state index is -0.475. The largest absolute Gasteiger partial charge is 0.488 e. The zero-order chi connectivity index (χ0) is 23.7. The monoisotopic (exact) mass is 441 g/mol. The minimum Gasteiger partial charge on any atom is -0.488 e. The average molecular weight is 442 g/mol. The maximum absolute atomic E-state index is 9.27. The van der Waals surface area contributed by atoms with Gasteiger partial charge in [0.15, 0.2) is 0 Å². The van der Waals surface area contributed by atoms with Crippen molar-refractivity contribution in [2.45, 2.75) is 25.9 Å². The molecule has 0 atom stereocenters. The van der Waals surface area contributed by atoms with Crippen LogP contribution in [0, 0.1) is 17.9 Å². The predicted octanol–water partition coefficient (Wildman–Crippen LogP) is 7.58. The second kappa shape index (κ2) is 8.43. The van der Waals surface area contributed by atoms with E-state index in [1.54, 1.807) is 6.08 Å². The molecule has 0 radical (unpaired) electrons. The van der Waals surface area contributed by atoms with Gasteiger partial charge in [-0.3, -0.25) is 0 Å². The molecule has 0 saturated heterocycles. The van der Waals surface area contributed by atoms with E-state index in [-0.39, 0.29) is 5.70 Å². The lowest BCUT2D eigenvalue weighted by Gasteiger charge is -2.32. The van der Waals surface area contributed by atoms with Crippen LogP contribution >= 0.6 is 0 Å². The molecule has 0 spiro atoms. The summed E-state index contributed by atoms with van der Waals surface area (Å²) in [4.78, 5) is 3.37. The third-order valence-corrected chi connectivity index (χ3v) is 6.02. The SMILES string of the molecule is [C-]#[N+]C(C#N)=C1C=C(C=Cc2ccc(-n3c4ccccc4c4ccccc43)cc2)OC(C)(C)C1. The van der Waals surface area contributed by atoms with Crippen molar-refractivity contribution in [3.8, 4) is 11.8 Å². The zero-order valence-corrected chi connectivity index (χ0v) is 19.1. The highest BCUT2D eigenvalue weighted by Crippen LogP contribution is 2.34. The van der Waals surface area contributed by atoms with Crippen molar-refractivity contribution in [3.05, 3.63) is 119 Å². The molecule has 4 nitrogen and oxygen atoms in total. The van der Waals surface area contributed by atoms with Crippen molar-refractivity contribution < 1.29 is 4.74 Å². The van der Waals surface area contributed by atoms with E-state index < -0.39 is 5.60 Å². The van der Waals surface area contributed by atoms with E-state index in [4.69, 9.17) is 11.3 Å². The normalized spacial score (nSPS) is 16.6. The highest BCUT2D eigenvalue weighted by molar-refractivity contribution is 6.09. The molecule has 1 aliphatic rings. The first-order valence-electron chi connectivity index (χ1n) is 11.2. The molecule has 1 aliphatic heterocycles. The molecular formula is C30H23N3O. The fourth-order valence-corrected chi connectivity index (χ4v) is 4.58. The molecule has 0 fully saturated rings. The number of benzene rings is 3. The van der Waals surface area contributed by atoms with Crippen LogP contribution in [0.25, 0.3) is 38.4 Å². The van der Waals surface area contributed by atoms with Crippen LogP contribution in [0.4, 0.5) is 0 Å². The molecule has 4 heteroatoms. The van der Waals surface area contributed by atoms with E-state index in [0.717, 1.165) is 16.8 Å². The fraction of sp³-hybridized carbons (Fsp3) is 0.133. The summed E-state index contributed by atoms with van der Waals surface area (Å²) < 4.78 is 8.36. The number of hydrogen-bond acceptors (Lipinski definition) is 2. The third-order valence-electron chi connectivity index (χ3n) is 6.02. The first-order chi connectivity index (χ1) is 16.5. The summed E-state index contributed by atoms with van der Waals surface area (Å²) in [5.41, 5.74) is 4.87. The van der Waals surface area contributed by atoms with Gasteiger partial charge in [-0.05, 0) is 61.4 Å². The van der Waals surface area contributed by atoms with Gasteiger partial charge < -0.3 is 9.30 Å². The number of ether oxygens (including phenoxy) is 1. The van der Waals surface area contributed by atoms with Crippen LogP contribution in [0.3, 0.4) is 0 Å². The topological polar surface area (TPSA) is 42.3 Å². The van der Waals surface area contributed by atoms with Gasteiger partial charge in [0.2, 0.25) is 0 Å². The lowest BCUT2D eigenvalue weighted by atomic mass is 9.93. The van der Waals surface area contributed by atoms with Crippen LogP contribution < -0.4 is 0 Å². The van der Waals surface area contributed by atoms with Gasteiger partial charge in [0.25, 0.3) is 5.70 Å².